The lowest BCUT2D eigenvalue weighted by Crippen LogP contribution is -2.04. The van der Waals surface area contributed by atoms with Crippen LogP contribution in [0.2, 0.25) is 0 Å². The molecule has 1 N–H and O–H groups in total. The maximum atomic E-state index is 12.7. The summed E-state index contributed by atoms with van der Waals surface area (Å²) in [6, 6.07) is 12.6. The van der Waals surface area contributed by atoms with Gasteiger partial charge in [-0.15, -0.1) is 0 Å². The molecule has 0 unspecified atom stereocenters. The van der Waals surface area contributed by atoms with Gasteiger partial charge in [0.15, 0.2) is 0 Å². The summed E-state index contributed by atoms with van der Waals surface area (Å²) >= 11 is 0. The highest BCUT2D eigenvalue weighted by Crippen LogP contribution is 2.31. The normalized spacial score (nSPS) is 11.4. The Hall–Kier alpha value is -2.89. The van der Waals surface area contributed by atoms with Crippen LogP contribution in [0.4, 0.5) is 24.7 Å². The summed E-state index contributed by atoms with van der Waals surface area (Å²) in [6.45, 7) is 4.06. The number of rotatable bonds is 3. The van der Waals surface area contributed by atoms with Crippen LogP contribution in [-0.2, 0) is 6.18 Å². The van der Waals surface area contributed by atoms with Gasteiger partial charge in [0.05, 0.1) is 11.3 Å². The molecule has 0 fully saturated rings. The largest absolute Gasteiger partial charge is 0.416 e. The van der Waals surface area contributed by atoms with Crippen molar-refractivity contribution in [1.82, 2.24) is 9.97 Å². The van der Waals surface area contributed by atoms with Crippen LogP contribution in [0.3, 0.4) is 0 Å². The molecule has 0 saturated heterocycles. The standard InChI is InChI=1S/C19H16F3N3/c1-12-3-8-16(9-13(12)2)25-18-10-17(23-11-24-18)14-4-6-15(7-5-14)19(20,21)22/h3-11H,1-2H3,(H,23,24,25). The predicted octanol–water partition coefficient (Wildman–Crippen LogP) is 5.52. The van der Waals surface area contributed by atoms with Crippen molar-refractivity contribution in [1.29, 1.82) is 0 Å². The molecule has 6 heteroatoms. The number of hydrogen-bond donors (Lipinski definition) is 1. The van der Waals surface area contributed by atoms with E-state index in [1.54, 1.807) is 6.07 Å². The van der Waals surface area contributed by atoms with Gasteiger partial charge in [0.2, 0.25) is 0 Å². The van der Waals surface area contributed by atoms with E-state index in [2.05, 4.69) is 15.3 Å². The van der Waals surface area contributed by atoms with Crippen molar-refractivity contribution in [2.75, 3.05) is 5.32 Å². The summed E-state index contributed by atoms with van der Waals surface area (Å²) in [5.41, 5.74) is 3.70. The number of aromatic nitrogens is 2. The number of benzene rings is 2. The summed E-state index contributed by atoms with van der Waals surface area (Å²) in [7, 11) is 0. The molecule has 0 amide bonds. The third-order valence-electron chi connectivity index (χ3n) is 3.95. The molecule has 0 aliphatic carbocycles. The molecule has 0 saturated carbocycles. The molecule has 128 valence electrons. The van der Waals surface area contributed by atoms with Gasteiger partial charge in [-0.05, 0) is 49.2 Å². The molecule has 0 aliphatic rings. The molecule has 1 aromatic heterocycles. The van der Waals surface area contributed by atoms with Gasteiger partial charge < -0.3 is 5.32 Å². The lowest BCUT2D eigenvalue weighted by Gasteiger charge is -2.10. The molecule has 1 heterocycles. The van der Waals surface area contributed by atoms with E-state index in [9.17, 15) is 13.2 Å². The molecule has 25 heavy (non-hydrogen) atoms. The van der Waals surface area contributed by atoms with Gasteiger partial charge in [-0.1, -0.05) is 18.2 Å². The fourth-order valence-corrected chi connectivity index (χ4v) is 2.38. The van der Waals surface area contributed by atoms with Crippen LogP contribution >= 0.6 is 0 Å². The Kier molecular flexibility index (Phi) is 4.44. The van der Waals surface area contributed by atoms with Crippen LogP contribution < -0.4 is 5.32 Å². The Balaban J connectivity index is 1.85. The number of anilines is 2. The van der Waals surface area contributed by atoms with E-state index in [1.165, 1.54) is 24.0 Å². The van der Waals surface area contributed by atoms with Crippen molar-refractivity contribution in [2.24, 2.45) is 0 Å². The molecule has 3 nitrogen and oxygen atoms in total. The van der Waals surface area contributed by atoms with Gasteiger partial charge in [-0.25, -0.2) is 9.97 Å². The minimum atomic E-state index is -4.35. The zero-order valence-electron chi connectivity index (χ0n) is 13.7. The Bertz CT molecular complexity index is 887. The Labute approximate surface area is 143 Å². The van der Waals surface area contributed by atoms with E-state index in [0.717, 1.165) is 23.4 Å². The highest BCUT2D eigenvalue weighted by atomic mass is 19.4. The number of hydrogen-bond acceptors (Lipinski definition) is 3. The molecule has 2 aromatic carbocycles. The van der Waals surface area contributed by atoms with E-state index < -0.39 is 11.7 Å². The second-order valence-corrected chi connectivity index (χ2v) is 5.79. The summed E-state index contributed by atoms with van der Waals surface area (Å²) < 4.78 is 38.0. The molecule has 3 rings (SSSR count). The monoisotopic (exact) mass is 343 g/mol. The highest BCUT2D eigenvalue weighted by Gasteiger charge is 2.30. The van der Waals surface area contributed by atoms with Gasteiger partial charge in [0, 0.05) is 17.3 Å². The zero-order chi connectivity index (χ0) is 18.0. The minimum Gasteiger partial charge on any atom is -0.340 e. The number of nitrogens with zero attached hydrogens (tertiary/aromatic N) is 2. The van der Waals surface area contributed by atoms with Crippen molar-refractivity contribution in [3.05, 3.63) is 71.5 Å². The van der Waals surface area contributed by atoms with Crippen molar-refractivity contribution < 1.29 is 13.2 Å². The smallest absolute Gasteiger partial charge is 0.340 e. The first kappa shape index (κ1) is 17.0. The van der Waals surface area contributed by atoms with Crippen LogP contribution in [0.5, 0.6) is 0 Å². The van der Waals surface area contributed by atoms with Crippen molar-refractivity contribution in [3.63, 3.8) is 0 Å². The van der Waals surface area contributed by atoms with Crippen molar-refractivity contribution in [2.45, 2.75) is 20.0 Å². The fourth-order valence-electron chi connectivity index (χ4n) is 2.38. The molecule has 0 radical (unpaired) electrons. The lowest BCUT2D eigenvalue weighted by atomic mass is 10.1. The van der Waals surface area contributed by atoms with Crippen molar-refractivity contribution >= 4 is 11.5 Å². The lowest BCUT2D eigenvalue weighted by molar-refractivity contribution is -0.137. The topological polar surface area (TPSA) is 37.8 Å². The summed E-state index contributed by atoms with van der Waals surface area (Å²) in [4.78, 5) is 8.31. The molecular formula is C19H16F3N3. The third kappa shape index (κ3) is 3.96. The summed E-state index contributed by atoms with van der Waals surface area (Å²) in [5, 5.41) is 3.19. The van der Waals surface area contributed by atoms with Crippen LogP contribution in [0.15, 0.2) is 54.9 Å². The zero-order valence-corrected chi connectivity index (χ0v) is 13.7. The molecular weight excluding hydrogens is 327 g/mol. The van der Waals surface area contributed by atoms with E-state index in [-0.39, 0.29) is 0 Å². The molecule has 0 bridgehead atoms. The Morgan fingerprint density at radius 2 is 1.56 bits per heavy atom. The first-order chi connectivity index (χ1) is 11.8. The number of alkyl halides is 3. The van der Waals surface area contributed by atoms with Gasteiger partial charge in [-0.2, -0.15) is 13.2 Å². The molecule has 0 atom stereocenters. The second kappa shape index (κ2) is 6.55. The average molecular weight is 343 g/mol. The fraction of sp³-hybridized carbons (Fsp3) is 0.158. The van der Waals surface area contributed by atoms with E-state index in [0.29, 0.717) is 17.1 Å². The first-order valence-electron chi connectivity index (χ1n) is 7.67. The number of nitrogens with one attached hydrogen (secondary N) is 1. The van der Waals surface area contributed by atoms with Crippen molar-refractivity contribution in [3.8, 4) is 11.3 Å². The quantitative estimate of drug-likeness (QED) is 0.680. The molecule has 3 aromatic rings. The van der Waals surface area contributed by atoms with Gasteiger partial charge in [0.1, 0.15) is 12.1 Å². The first-order valence-corrected chi connectivity index (χ1v) is 7.67. The molecule has 0 aliphatic heterocycles. The van der Waals surface area contributed by atoms with E-state index in [4.69, 9.17) is 0 Å². The number of aryl methyl sites for hydroxylation is 2. The SMILES string of the molecule is Cc1ccc(Nc2cc(-c3ccc(C(F)(F)F)cc3)ncn2)cc1C. The highest BCUT2D eigenvalue weighted by molar-refractivity contribution is 5.66. The Morgan fingerprint density at radius 3 is 2.20 bits per heavy atom. The Morgan fingerprint density at radius 1 is 0.840 bits per heavy atom. The van der Waals surface area contributed by atoms with Crippen LogP contribution in [0.1, 0.15) is 16.7 Å². The second-order valence-electron chi connectivity index (χ2n) is 5.79. The van der Waals surface area contributed by atoms with Gasteiger partial charge in [0.25, 0.3) is 0 Å². The molecule has 0 spiro atoms. The summed E-state index contributed by atoms with van der Waals surface area (Å²) in [6.07, 6.45) is -2.96. The van der Waals surface area contributed by atoms with Gasteiger partial charge in [-0.3, -0.25) is 0 Å². The van der Waals surface area contributed by atoms with Crippen LogP contribution in [0.25, 0.3) is 11.3 Å². The van der Waals surface area contributed by atoms with E-state index in [1.807, 2.05) is 32.0 Å². The number of halogens is 3. The third-order valence-corrected chi connectivity index (χ3v) is 3.95. The average Bonchev–Trinajstić information content (AvgIpc) is 2.58. The predicted molar refractivity (Wildman–Crippen MR) is 91.7 cm³/mol. The minimum absolute atomic E-state index is 0.551. The maximum absolute atomic E-state index is 12.7. The summed E-state index contributed by atoms with van der Waals surface area (Å²) in [5.74, 6) is 0.577. The van der Waals surface area contributed by atoms with Crippen LogP contribution in [-0.4, -0.2) is 9.97 Å². The van der Waals surface area contributed by atoms with E-state index >= 15 is 0 Å². The van der Waals surface area contributed by atoms with Gasteiger partial charge >= 0.3 is 6.18 Å². The maximum Gasteiger partial charge on any atom is 0.416 e. The van der Waals surface area contributed by atoms with Crippen LogP contribution in [0, 0.1) is 13.8 Å².